The summed E-state index contributed by atoms with van der Waals surface area (Å²) >= 11 is 0. The molecular weight excluding hydrogens is 260 g/mol. The normalized spacial score (nSPS) is 17.3. The van der Waals surface area contributed by atoms with Crippen molar-refractivity contribution in [3.63, 3.8) is 0 Å². The topological polar surface area (TPSA) is 85.4 Å². The Morgan fingerprint density at radius 1 is 1.40 bits per heavy atom. The highest BCUT2D eigenvalue weighted by Crippen LogP contribution is 2.18. The first kappa shape index (κ1) is 14.5. The quantitative estimate of drug-likeness (QED) is 0.871. The third kappa shape index (κ3) is 4.06. The van der Waals surface area contributed by atoms with Gasteiger partial charge in [-0.1, -0.05) is 0 Å². The Kier molecular flexibility index (Phi) is 5.11. The Hall–Kier alpha value is -1.89. The van der Waals surface area contributed by atoms with E-state index in [9.17, 15) is 4.79 Å². The molecule has 1 aliphatic rings. The van der Waals surface area contributed by atoms with Crippen molar-refractivity contribution in [3.8, 4) is 5.75 Å². The molecule has 2 amide bonds. The largest absolute Gasteiger partial charge is 0.494 e. The van der Waals surface area contributed by atoms with E-state index in [0.29, 0.717) is 11.7 Å². The van der Waals surface area contributed by atoms with Gasteiger partial charge in [0.15, 0.2) is 5.75 Å². The van der Waals surface area contributed by atoms with Crippen molar-refractivity contribution in [2.45, 2.75) is 25.8 Å². The van der Waals surface area contributed by atoms with Gasteiger partial charge in [-0.05, 0) is 25.7 Å². The third-order valence-electron chi connectivity index (χ3n) is 3.42. The molecule has 0 saturated carbocycles. The highest BCUT2D eigenvalue weighted by molar-refractivity contribution is 5.87. The maximum Gasteiger partial charge on any atom is 0.321 e. The molecule has 1 aromatic heterocycles. The van der Waals surface area contributed by atoms with Gasteiger partial charge in [0, 0.05) is 19.3 Å². The summed E-state index contributed by atoms with van der Waals surface area (Å²) in [4.78, 5) is 19.8. The summed E-state index contributed by atoms with van der Waals surface area (Å²) in [5.74, 6) is 1.25. The number of ether oxygens (including phenoxy) is 2. The summed E-state index contributed by atoms with van der Waals surface area (Å²) in [5, 5.41) is 5.51. The number of rotatable bonds is 4. The van der Waals surface area contributed by atoms with Crippen LogP contribution in [0, 0.1) is 5.92 Å². The number of amides is 2. The van der Waals surface area contributed by atoms with Gasteiger partial charge < -0.3 is 14.8 Å². The lowest BCUT2D eigenvalue weighted by Gasteiger charge is -2.28. The molecule has 0 radical (unpaired) electrons. The Morgan fingerprint density at radius 2 is 2.05 bits per heavy atom. The zero-order valence-corrected chi connectivity index (χ0v) is 11.8. The molecule has 2 heterocycles. The number of aromatic nitrogens is 2. The van der Waals surface area contributed by atoms with E-state index in [2.05, 4.69) is 20.6 Å². The number of carbonyl (C=O) groups excluding carboxylic acids is 1. The van der Waals surface area contributed by atoms with Crippen molar-refractivity contribution >= 4 is 12.0 Å². The summed E-state index contributed by atoms with van der Waals surface area (Å²) < 4.78 is 10.3. The van der Waals surface area contributed by atoms with Gasteiger partial charge >= 0.3 is 6.03 Å². The minimum absolute atomic E-state index is 0.0946. The number of methoxy groups -OCH3 is 1. The van der Waals surface area contributed by atoms with Gasteiger partial charge in [-0.2, -0.15) is 0 Å². The van der Waals surface area contributed by atoms with Crippen LogP contribution in [0.25, 0.3) is 0 Å². The van der Waals surface area contributed by atoms with Crippen molar-refractivity contribution in [1.82, 2.24) is 15.3 Å². The first-order valence-corrected chi connectivity index (χ1v) is 6.70. The molecule has 2 N–H and O–H groups in total. The van der Waals surface area contributed by atoms with Crippen LogP contribution in [-0.2, 0) is 4.74 Å². The molecule has 7 heteroatoms. The summed E-state index contributed by atoms with van der Waals surface area (Å²) in [6.07, 6.45) is 4.95. The van der Waals surface area contributed by atoms with Gasteiger partial charge in [-0.15, -0.1) is 0 Å². The van der Waals surface area contributed by atoms with E-state index in [-0.39, 0.29) is 18.0 Å². The summed E-state index contributed by atoms with van der Waals surface area (Å²) in [5.41, 5.74) is 0. The number of nitrogens with zero attached hydrogens (tertiary/aromatic N) is 2. The number of hydrogen-bond acceptors (Lipinski definition) is 5. The maximum absolute atomic E-state index is 11.9. The summed E-state index contributed by atoms with van der Waals surface area (Å²) in [6.45, 7) is 3.53. The minimum atomic E-state index is -0.297. The molecule has 1 atom stereocenters. The van der Waals surface area contributed by atoms with Crippen molar-refractivity contribution < 1.29 is 14.3 Å². The number of carbonyl (C=O) groups is 1. The van der Waals surface area contributed by atoms with Crippen molar-refractivity contribution in [2.75, 3.05) is 25.6 Å². The molecule has 110 valence electrons. The Morgan fingerprint density at radius 3 is 2.65 bits per heavy atom. The molecule has 20 heavy (non-hydrogen) atoms. The molecule has 1 aliphatic heterocycles. The number of nitrogens with one attached hydrogen (secondary N) is 2. The fourth-order valence-electron chi connectivity index (χ4n) is 2.16. The molecule has 7 nitrogen and oxygen atoms in total. The first-order chi connectivity index (χ1) is 9.69. The molecule has 1 aromatic rings. The summed E-state index contributed by atoms with van der Waals surface area (Å²) in [7, 11) is 1.54. The molecule has 1 unspecified atom stereocenters. The number of hydrogen-bond donors (Lipinski definition) is 2. The Balaban J connectivity index is 1.81. The van der Waals surface area contributed by atoms with Crippen molar-refractivity contribution in [1.29, 1.82) is 0 Å². The van der Waals surface area contributed by atoms with E-state index in [1.54, 1.807) is 0 Å². The smallest absolute Gasteiger partial charge is 0.321 e. The molecule has 0 spiro atoms. The zero-order chi connectivity index (χ0) is 14.4. The van der Waals surface area contributed by atoms with Crippen LogP contribution >= 0.6 is 0 Å². The standard InChI is InChI=1S/C13H20N4O3/c1-9(10-3-5-20-6-4-10)16-13(18)17-12-14-7-11(19-2)8-15-12/h7-10H,3-6H2,1-2H3,(H2,14,15,16,17,18). The van der Waals surface area contributed by atoms with Gasteiger partial charge in [0.2, 0.25) is 5.95 Å². The lowest BCUT2D eigenvalue weighted by Crippen LogP contribution is -2.42. The zero-order valence-electron chi connectivity index (χ0n) is 11.8. The van der Waals surface area contributed by atoms with Crippen molar-refractivity contribution in [2.24, 2.45) is 5.92 Å². The van der Waals surface area contributed by atoms with E-state index in [1.165, 1.54) is 19.5 Å². The average Bonchev–Trinajstić information content (AvgIpc) is 2.49. The van der Waals surface area contributed by atoms with Crippen molar-refractivity contribution in [3.05, 3.63) is 12.4 Å². The van der Waals surface area contributed by atoms with Gasteiger partial charge in [-0.25, -0.2) is 14.8 Å². The molecule has 0 aliphatic carbocycles. The van der Waals surface area contributed by atoms with E-state index >= 15 is 0 Å². The number of anilines is 1. The van der Waals surface area contributed by atoms with Crippen LogP contribution in [-0.4, -0.2) is 42.4 Å². The predicted octanol–water partition coefficient (Wildman–Crippen LogP) is 1.42. The number of urea groups is 1. The van der Waals surface area contributed by atoms with Crippen LogP contribution < -0.4 is 15.4 Å². The Bertz CT molecular complexity index is 432. The monoisotopic (exact) mass is 280 g/mol. The first-order valence-electron chi connectivity index (χ1n) is 6.70. The highest BCUT2D eigenvalue weighted by atomic mass is 16.5. The predicted molar refractivity (Wildman–Crippen MR) is 73.7 cm³/mol. The lowest BCUT2D eigenvalue weighted by molar-refractivity contribution is 0.0573. The lowest BCUT2D eigenvalue weighted by atomic mass is 9.93. The van der Waals surface area contributed by atoms with Crippen LogP contribution in [0.2, 0.25) is 0 Å². The van der Waals surface area contributed by atoms with E-state index < -0.39 is 0 Å². The molecule has 0 bridgehead atoms. The third-order valence-corrected chi connectivity index (χ3v) is 3.42. The van der Waals surface area contributed by atoms with Crippen LogP contribution in [0.3, 0.4) is 0 Å². The van der Waals surface area contributed by atoms with Crippen LogP contribution in [0.5, 0.6) is 5.75 Å². The Labute approximate surface area is 118 Å². The van der Waals surface area contributed by atoms with Crippen LogP contribution in [0.15, 0.2) is 12.4 Å². The summed E-state index contributed by atoms with van der Waals surface area (Å²) in [6, 6.07) is -0.202. The van der Waals surface area contributed by atoms with E-state index in [1.807, 2.05) is 6.92 Å². The molecule has 0 aromatic carbocycles. The highest BCUT2D eigenvalue weighted by Gasteiger charge is 2.21. The van der Waals surface area contributed by atoms with E-state index in [0.717, 1.165) is 26.1 Å². The second kappa shape index (κ2) is 7.04. The van der Waals surface area contributed by atoms with Gasteiger partial charge in [0.1, 0.15) is 0 Å². The van der Waals surface area contributed by atoms with E-state index in [4.69, 9.17) is 9.47 Å². The molecule has 1 fully saturated rings. The van der Waals surface area contributed by atoms with Crippen LogP contribution in [0.1, 0.15) is 19.8 Å². The molecule has 1 saturated heterocycles. The second-order valence-corrected chi connectivity index (χ2v) is 4.78. The molecule has 2 rings (SSSR count). The molecular formula is C13H20N4O3. The SMILES string of the molecule is COc1cnc(NC(=O)NC(C)C2CCOCC2)nc1. The fourth-order valence-corrected chi connectivity index (χ4v) is 2.16. The fraction of sp³-hybridized carbons (Fsp3) is 0.615. The minimum Gasteiger partial charge on any atom is -0.494 e. The van der Waals surface area contributed by atoms with Gasteiger partial charge in [0.05, 0.1) is 19.5 Å². The van der Waals surface area contributed by atoms with Crippen LogP contribution in [0.4, 0.5) is 10.7 Å². The van der Waals surface area contributed by atoms with Gasteiger partial charge in [-0.3, -0.25) is 5.32 Å². The second-order valence-electron chi connectivity index (χ2n) is 4.78. The average molecular weight is 280 g/mol. The maximum atomic E-state index is 11.9. The van der Waals surface area contributed by atoms with Gasteiger partial charge in [0.25, 0.3) is 0 Å².